The zero-order valence-electron chi connectivity index (χ0n) is 8.75. The van der Waals surface area contributed by atoms with Gasteiger partial charge in [-0.25, -0.2) is 0 Å². The van der Waals surface area contributed by atoms with Gasteiger partial charge in [0.1, 0.15) is 0 Å². The second kappa shape index (κ2) is 3.98. The summed E-state index contributed by atoms with van der Waals surface area (Å²) >= 11 is 0. The first-order valence-corrected chi connectivity index (χ1v) is 4.83. The molecule has 0 aliphatic carbocycles. The van der Waals surface area contributed by atoms with E-state index >= 15 is 0 Å². The van der Waals surface area contributed by atoms with Gasteiger partial charge in [-0.2, -0.15) is 9.94 Å². The number of benzene rings is 1. The van der Waals surface area contributed by atoms with Crippen LogP contribution in [0.25, 0.3) is 5.69 Å². The Kier molecular flexibility index (Phi) is 2.52. The van der Waals surface area contributed by atoms with E-state index in [9.17, 15) is 0 Å². The number of nitrogen functional groups attached to an aromatic ring is 1. The predicted molar refractivity (Wildman–Crippen MR) is 57.7 cm³/mol. The first kappa shape index (κ1) is 10.1. The molecule has 0 aliphatic rings. The summed E-state index contributed by atoms with van der Waals surface area (Å²) in [4.78, 5) is 0. The molecular formula is C10H10N6. The number of hydrogen-bond donors (Lipinski definition) is 1. The zero-order chi connectivity index (χ0) is 11.5. The van der Waals surface area contributed by atoms with Gasteiger partial charge in [-0.15, -0.1) is 5.10 Å². The Morgan fingerprint density at radius 3 is 2.94 bits per heavy atom. The number of nitriles is 1. The summed E-state index contributed by atoms with van der Waals surface area (Å²) in [5.41, 5.74) is 7.55. The molecule has 6 nitrogen and oxygen atoms in total. The van der Waals surface area contributed by atoms with E-state index in [0.717, 1.165) is 5.82 Å². The maximum Gasteiger partial charge on any atom is 0.156 e. The number of aryl methyl sites for hydroxylation is 1. The minimum atomic E-state index is 0.487. The summed E-state index contributed by atoms with van der Waals surface area (Å²) in [6, 6.07) is 7.06. The Hall–Kier alpha value is -2.42. The Morgan fingerprint density at radius 2 is 2.31 bits per heavy atom. The summed E-state index contributed by atoms with van der Waals surface area (Å²) in [5.74, 6) is 0.733. The smallest absolute Gasteiger partial charge is 0.156 e. The van der Waals surface area contributed by atoms with Crippen LogP contribution in [0.5, 0.6) is 0 Å². The molecule has 0 amide bonds. The molecule has 80 valence electrons. The van der Waals surface area contributed by atoms with E-state index in [1.54, 1.807) is 22.9 Å². The largest absolute Gasteiger partial charge is 0.397 e. The van der Waals surface area contributed by atoms with Crippen LogP contribution in [-0.2, 0) is 6.42 Å². The number of tetrazole rings is 1. The number of nitrogens with zero attached hydrogens (tertiary/aromatic N) is 5. The Balaban J connectivity index is 2.53. The molecule has 0 unspecified atom stereocenters. The summed E-state index contributed by atoms with van der Waals surface area (Å²) in [6.07, 6.45) is 0.715. The lowest BCUT2D eigenvalue weighted by Gasteiger charge is -2.06. The van der Waals surface area contributed by atoms with Gasteiger partial charge in [0.2, 0.25) is 0 Å². The maximum absolute atomic E-state index is 8.73. The molecule has 2 N–H and O–H groups in total. The Bertz CT molecular complexity index is 551. The summed E-state index contributed by atoms with van der Waals surface area (Å²) in [6.45, 7) is 1.96. The summed E-state index contributed by atoms with van der Waals surface area (Å²) < 4.78 is 1.58. The first-order chi connectivity index (χ1) is 7.76. The fourth-order valence-electron chi connectivity index (χ4n) is 1.43. The van der Waals surface area contributed by atoms with Crippen LogP contribution in [0.2, 0.25) is 0 Å². The van der Waals surface area contributed by atoms with Crippen molar-refractivity contribution in [3.8, 4) is 11.8 Å². The molecule has 0 fully saturated rings. The summed E-state index contributed by atoms with van der Waals surface area (Å²) in [5, 5.41) is 20.1. The van der Waals surface area contributed by atoms with E-state index < -0.39 is 0 Å². The van der Waals surface area contributed by atoms with Gasteiger partial charge in [-0.05, 0) is 28.6 Å². The molecule has 1 heterocycles. The maximum atomic E-state index is 8.73. The summed E-state index contributed by atoms with van der Waals surface area (Å²) in [7, 11) is 0. The van der Waals surface area contributed by atoms with Crippen LogP contribution in [0.1, 0.15) is 18.3 Å². The van der Waals surface area contributed by atoms with Gasteiger partial charge in [0.05, 0.1) is 23.0 Å². The highest BCUT2D eigenvalue weighted by molar-refractivity contribution is 5.60. The molecule has 0 atom stereocenters. The minimum Gasteiger partial charge on any atom is -0.397 e. The van der Waals surface area contributed by atoms with Gasteiger partial charge in [0.15, 0.2) is 5.82 Å². The highest BCUT2D eigenvalue weighted by Crippen LogP contribution is 2.18. The van der Waals surface area contributed by atoms with Crippen molar-refractivity contribution in [2.45, 2.75) is 13.3 Å². The van der Waals surface area contributed by atoms with Gasteiger partial charge in [0, 0.05) is 6.42 Å². The van der Waals surface area contributed by atoms with Crippen molar-refractivity contribution in [1.29, 1.82) is 5.26 Å². The van der Waals surface area contributed by atoms with E-state index in [1.807, 2.05) is 13.0 Å². The molecule has 0 saturated carbocycles. The van der Waals surface area contributed by atoms with Crippen molar-refractivity contribution < 1.29 is 0 Å². The number of hydrogen-bond acceptors (Lipinski definition) is 5. The molecule has 0 radical (unpaired) electrons. The monoisotopic (exact) mass is 214 g/mol. The highest BCUT2D eigenvalue weighted by atomic mass is 15.5. The average Bonchev–Trinajstić information content (AvgIpc) is 2.76. The standard InChI is InChI=1S/C10H10N6/c1-2-10-13-14-15-16(10)9-4-3-7(6-11)5-8(9)12/h3-5H,2,12H2,1H3. The lowest BCUT2D eigenvalue weighted by Crippen LogP contribution is -2.05. The molecule has 2 aromatic rings. The minimum absolute atomic E-state index is 0.487. The van der Waals surface area contributed by atoms with Crippen LogP contribution in [0, 0.1) is 11.3 Å². The Morgan fingerprint density at radius 1 is 1.50 bits per heavy atom. The number of aromatic nitrogens is 4. The molecule has 16 heavy (non-hydrogen) atoms. The predicted octanol–water partition coefficient (Wildman–Crippen LogP) is 0.679. The fraction of sp³-hybridized carbons (Fsp3) is 0.200. The van der Waals surface area contributed by atoms with Gasteiger partial charge < -0.3 is 5.73 Å². The van der Waals surface area contributed by atoms with Crippen molar-refractivity contribution in [1.82, 2.24) is 20.2 Å². The fourth-order valence-corrected chi connectivity index (χ4v) is 1.43. The molecule has 0 aliphatic heterocycles. The highest BCUT2D eigenvalue weighted by Gasteiger charge is 2.09. The number of rotatable bonds is 2. The van der Waals surface area contributed by atoms with E-state index in [4.69, 9.17) is 11.0 Å². The van der Waals surface area contributed by atoms with Crippen molar-refractivity contribution >= 4 is 5.69 Å². The average molecular weight is 214 g/mol. The number of anilines is 1. The van der Waals surface area contributed by atoms with Gasteiger partial charge >= 0.3 is 0 Å². The second-order valence-corrected chi connectivity index (χ2v) is 3.25. The SMILES string of the molecule is CCc1nnnn1-c1ccc(C#N)cc1N. The van der Waals surface area contributed by atoms with Gasteiger partial charge in [-0.3, -0.25) is 0 Å². The van der Waals surface area contributed by atoms with Crippen molar-refractivity contribution in [2.24, 2.45) is 0 Å². The molecule has 0 spiro atoms. The van der Waals surface area contributed by atoms with Gasteiger partial charge in [-0.1, -0.05) is 6.92 Å². The molecule has 0 bridgehead atoms. The lowest BCUT2D eigenvalue weighted by molar-refractivity contribution is 0.768. The molecule has 2 rings (SSSR count). The number of nitrogens with two attached hydrogens (primary N) is 1. The van der Waals surface area contributed by atoms with Crippen molar-refractivity contribution in [3.05, 3.63) is 29.6 Å². The molecule has 6 heteroatoms. The third-order valence-electron chi connectivity index (χ3n) is 2.24. The quantitative estimate of drug-likeness (QED) is 0.742. The topological polar surface area (TPSA) is 93.4 Å². The van der Waals surface area contributed by atoms with Crippen molar-refractivity contribution in [2.75, 3.05) is 5.73 Å². The normalized spacial score (nSPS) is 10.0. The molecular weight excluding hydrogens is 204 g/mol. The van der Waals surface area contributed by atoms with E-state index in [-0.39, 0.29) is 0 Å². The first-order valence-electron chi connectivity index (χ1n) is 4.83. The van der Waals surface area contributed by atoms with E-state index in [0.29, 0.717) is 23.4 Å². The van der Waals surface area contributed by atoms with Crippen LogP contribution in [0.3, 0.4) is 0 Å². The molecule has 1 aromatic heterocycles. The van der Waals surface area contributed by atoms with E-state index in [1.165, 1.54) is 0 Å². The molecule has 1 aromatic carbocycles. The van der Waals surface area contributed by atoms with Crippen LogP contribution in [0.15, 0.2) is 18.2 Å². The van der Waals surface area contributed by atoms with Crippen LogP contribution < -0.4 is 5.73 Å². The van der Waals surface area contributed by atoms with E-state index in [2.05, 4.69) is 15.5 Å². The molecule has 0 saturated heterocycles. The van der Waals surface area contributed by atoms with Crippen LogP contribution in [0.4, 0.5) is 5.69 Å². The van der Waals surface area contributed by atoms with Crippen LogP contribution in [-0.4, -0.2) is 20.2 Å². The lowest BCUT2D eigenvalue weighted by atomic mass is 10.2. The third kappa shape index (κ3) is 1.59. The van der Waals surface area contributed by atoms with Crippen molar-refractivity contribution in [3.63, 3.8) is 0 Å². The Labute approximate surface area is 92.3 Å². The van der Waals surface area contributed by atoms with Gasteiger partial charge in [0.25, 0.3) is 0 Å². The van der Waals surface area contributed by atoms with Crippen LogP contribution >= 0.6 is 0 Å². The third-order valence-corrected chi connectivity index (χ3v) is 2.24. The second-order valence-electron chi connectivity index (χ2n) is 3.25. The zero-order valence-corrected chi connectivity index (χ0v) is 8.75.